The lowest BCUT2D eigenvalue weighted by Gasteiger charge is -2.07. The third-order valence-electron chi connectivity index (χ3n) is 4.07. The molecule has 1 aromatic carbocycles. The topological polar surface area (TPSA) is 106 Å². The summed E-state index contributed by atoms with van der Waals surface area (Å²) in [5.74, 6) is 0.562. The van der Waals surface area contributed by atoms with Crippen molar-refractivity contribution in [2.24, 2.45) is 19.2 Å². The number of imidazole rings is 1. The van der Waals surface area contributed by atoms with Crippen molar-refractivity contribution >= 4 is 23.3 Å². The SMILES string of the molecule is CCCn1c(N/N=C/c2ccc(O)cc2)nc2c1c(=O)n(C)c(=O)n2C. The van der Waals surface area contributed by atoms with Crippen LogP contribution in [0, 0.1) is 0 Å². The maximum absolute atomic E-state index is 12.5. The number of benzene rings is 1. The molecule has 0 radical (unpaired) electrons. The second-order valence-corrected chi connectivity index (χ2v) is 5.93. The molecule has 9 heteroatoms. The van der Waals surface area contributed by atoms with Crippen LogP contribution in [0.25, 0.3) is 11.2 Å². The molecule has 9 nitrogen and oxygen atoms in total. The van der Waals surface area contributed by atoms with Gasteiger partial charge in [-0.25, -0.2) is 10.2 Å². The number of hydrogen-bond donors (Lipinski definition) is 2. The number of rotatable bonds is 5. The minimum absolute atomic E-state index is 0.177. The molecule has 136 valence electrons. The normalized spacial score (nSPS) is 11.5. The fourth-order valence-electron chi connectivity index (χ4n) is 2.70. The number of hydrazone groups is 1. The Morgan fingerprint density at radius 1 is 1.19 bits per heavy atom. The molecule has 2 heterocycles. The van der Waals surface area contributed by atoms with Crippen LogP contribution in [0.2, 0.25) is 0 Å². The van der Waals surface area contributed by atoms with Gasteiger partial charge in [-0.15, -0.1) is 0 Å². The molecular weight excluding hydrogens is 336 g/mol. The molecule has 0 spiro atoms. The van der Waals surface area contributed by atoms with Crippen molar-refractivity contribution in [3.05, 3.63) is 50.7 Å². The molecule has 0 aliphatic carbocycles. The zero-order valence-corrected chi connectivity index (χ0v) is 14.8. The largest absolute Gasteiger partial charge is 0.508 e. The number of fused-ring (bicyclic) bond motifs is 1. The van der Waals surface area contributed by atoms with Gasteiger partial charge in [0.2, 0.25) is 5.95 Å². The number of hydrogen-bond acceptors (Lipinski definition) is 6. The summed E-state index contributed by atoms with van der Waals surface area (Å²) in [6.07, 6.45) is 2.36. The molecule has 0 amide bonds. The Hall–Kier alpha value is -3.36. The highest BCUT2D eigenvalue weighted by atomic mass is 16.3. The molecule has 0 saturated carbocycles. The van der Waals surface area contributed by atoms with Gasteiger partial charge in [-0.1, -0.05) is 6.92 Å². The van der Waals surface area contributed by atoms with Crippen LogP contribution < -0.4 is 16.7 Å². The van der Waals surface area contributed by atoms with Crippen LogP contribution in [0.3, 0.4) is 0 Å². The van der Waals surface area contributed by atoms with Crippen molar-refractivity contribution in [3.63, 3.8) is 0 Å². The van der Waals surface area contributed by atoms with Gasteiger partial charge in [0.25, 0.3) is 5.56 Å². The Morgan fingerprint density at radius 3 is 2.54 bits per heavy atom. The molecule has 3 aromatic rings. The van der Waals surface area contributed by atoms with Crippen LogP contribution >= 0.6 is 0 Å². The average Bonchev–Trinajstić information content (AvgIpc) is 2.99. The van der Waals surface area contributed by atoms with E-state index in [1.165, 1.54) is 11.6 Å². The monoisotopic (exact) mass is 356 g/mol. The molecule has 0 aliphatic heterocycles. The summed E-state index contributed by atoms with van der Waals surface area (Å²) in [5, 5.41) is 13.4. The molecule has 3 rings (SSSR count). The lowest BCUT2D eigenvalue weighted by molar-refractivity contribution is 0.475. The molecule has 0 saturated heterocycles. The molecule has 2 N–H and O–H groups in total. The van der Waals surface area contributed by atoms with Crippen molar-refractivity contribution in [2.45, 2.75) is 19.9 Å². The zero-order chi connectivity index (χ0) is 18.8. The maximum Gasteiger partial charge on any atom is 0.332 e. The van der Waals surface area contributed by atoms with Crippen LogP contribution in [0.1, 0.15) is 18.9 Å². The number of nitrogens with zero attached hydrogens (tertiary/aromatic N) is 5. The first-order valence-corrected chi connectivity index (χ1v) is 8.18. The lowest BCUT2D eigenvalue weighted by atomic mass is 10.2. The third-order valence-corrected chi connectivity index (χ3v) is 4.07. The number of aryl methyl sites for hydroxylation is 2. The van der Waals surface area contributed by atoms with E-state index in [-0.39, 0.29) is 11.3 Å². The van der Waals surface area contributed by atoms with Crippen molar-refractivity contribution in [2.75, 3.05) is 5.43 Å². The molecule has 0 unspecified atom stereocenters. The summed E-state index contributed by atoms with van der Waals surface area (Å²) in [7, 11) is 3.03. The number of aromatic nitrogens is 4. The molecule has 0 atom stereocenters. The van der Waals surface area contributed by atoms with Gasteiger partial charge in [0.1, 0.15) is 5.75 Å². The van der Waals surface area contributed by atoms with Gasteiger partial charge < -0.3 is 9.67 Å². The molecule has 26 heavy (non-hydrogen) atoms. The first kappa shape index (κ1) is 17.5. The van der Waals surface area contributed by atoms with E-state index in [1.807, 2.05) is 6.92 Å². The average molecular weight is 356 g/mol. The Labute approximate surface area is 148 Å². The second-order valence-electron chi connectivity index (χ2n) is 5.93. The summed E-state index contributed by atoms with van der Waals surface area (Å²) in [4.78, 5) is 29.0. The number of aromatic hydroxyl groups is 1. The van der Waals surface area contributed by atoms with E-state index in [4.69, 9.17) is 0 Å². The highest BCUT2D eigenvalue weighted by Gasteiger charge is 2.18. The summed E-state index contributed by atoms with van der Waals surface area (Å²) >= 11 is 0. The molecule has 2 aromatic heterocycles. The van der Waals surface area contributed by atoms with Gasteiger partial charge in [0, 0.05) is 20.6 Å². The van der Waals surface area contributed by atoms with E-state index in [9.17, 15) is 14.7 Å². The van der Waals surface area contributed by atoms with Crippen molar-refractivity contribution < 1.29 is 5.11 Å². The quantitative estimate of drug-likeness (QED) is 0.524. The predicted molar refractivity (Wildman–Crippen MR) is 99.8 cm³/mol. The van der Waals surface area contributed by atoms with Gasteiger partial charge in [0.15, 0.2) is 11.2 Å². The standard InChI is InChI=1S/C17H20N6O3/c1-4-9-23-13-14(21(2)17(26)22(3)15(13)25)19-16(23)20-18-10-11-5-7-12(24)8-6-11/h5-8,10,24H,4,9H2,1-3H3,(H,19,20)/b18-10+. The maximum atomic E-state index is 12.5. The van der Waals surface area contributed by atoms with Gasteiger partial charge in [-0.2, -0.15) is 10.1 Å². The molecule has 0 aliphatic rings. The van der Waals surface area contributed by atoms with Gasteiger partial charge in [-0.3, -0.25) is 13.9 Å². The lowest BCUT2D eigenvalue weighted by Crippen LogP contribution is -2.37. The Bertz CT molecular complexity index is 1090. The fraction of sp³-hybridized carbons (Fsp3) is 0.294. The summed E-state index contributed by atoms with van der Waals surface area (Å²) < 4.78 is 4.14. The Morgan fingerprint density at radius 2 is 1.88 bits per heavy atom. The highest BCUT2D eigenvalue weighted by molar-refractivity contribution is 5.80. The minimum atomic E-state index is -0.428. The smallest absolute Gasteiger partial charge is 0.332 e. The van der Waals surface area contributed by atoms with E-state index in [1.54, 1.807) is 42.1 Å². The van der Waals surface area contributed by atoms with Crippen LogP contribution in [-0.2, 0) is 20.6 Å². The van der Waals surface area contributed by atoms with Crippen LogP contribution in [0.15, 0.2) is 39.0 Å². The Kier molecular flexibility index (Phi) is 4.61. The third kappa shape index (κ3) is 2.99. The van der Waals surface area contributed by atoms with E-state index in [0.717, 1.165) is 16.6 Å². The number of anilines is 1. The van der Waals surface area contributed by atoms with E-state index < -0.39 is 5.69 Å². The van der Waals surface area contributed by atoms with Crippen molar-refractivity contribution in [1.29, 1.82) is 0 Å². The predicted octanol–water partition coefficient (Wildman–Crippen LogP) is 0.995. The minimum Gasteiger partial charge on any atom is -0.508 e. The van der Waals surface area contributed by atoms with Crippen LogP contribution in [0.5, 0.6) is 5.75 Å². The van der Waals surface area contributed by atoms with E-state index >= 15 is 0 Å². The number of phenolic OH excluding ortho intramolecular Hbond substituents is 1. The van der Waals surface area contributed by atoms with Gasteiger partial charge in [-0.05, 0) is 36.2 Å². The van der Waals surface area contributed by atoms with Crippen molar-refractivity contribution in [1.82, 2.24) is 18.7 Å². The second kappa shape index (κ2) is 6.87. The van der Waals surface area contributed by atoms with Crippen LogP contribution in [-0.4, -0.2) is 30.0 Å². The highest BCUT2D eigenvalue weighted by Crippen LogP contribution is 2.16. The zero-order valence-electron chi connectivity index (χ0n) is 14.8. The van der Waals surface area contributed by atoms with Gasteiger partial charge >= 0.3 is 5.69 Å². The van der Waals surface area contributed by atoms with E-state index in [0.29, 0.717) is 23.7 Å². The molecule has 0 bridgehead atoms. The number of nitrogens with one attached hydrogen (secondary N) is 1. The Balaban J connectivity index is 2.05. The summed E-state index contributed by atoms with van der Waals surface area (Å²) in [6.45, 7) is 2.54. The summed E-state index contributed by atoms with van der Waals surface area (Å²) in [5.41, 5.74) is 3.48. The first-order valence-electron chi connectivity index (χ1n) is 8.18. The fourth-order valence-corrected chi connectivity index (χ4v) is 2.70. The molecule has 0 fully saturated rings. The van der Waals surface area contributed by atoms with Crippen LogP contribution in [0.4, 0.5) is 5.95 Å². The van der Waals surface area contributed by atoms with Gasteiger partial charge in [0.05, 0.1) is 6.21 Å². The van der Waals surface area contributed by atoms with E-state index in [2.05, 4.69) is 15.5 Å². The number of phenols is 1. The summed E-state index contributed by atoms with van der Waals surface area (Å²) in [6, 6.07) is 6.56. The molecular formula is C17H20N6O3. The first-order chi connectivity index (χ1) is 12.4. The van der Waals surface area contributed by atoms with Crippen molar-refractivity contribution in [3.8, 4) is 5.75 Å².